The summed E-state index contributed by atoms with van der Waals surface area (Å²) in [5, 5.41) is 3.15. The second-order valence-electron chi connectivity index (χ2n) is 8.97. The quantitative estimate of drug-likeness (QED) is 0.852. The SMILES string of the molecule is C[C@H](Oc1cccc2c1CCCC2)C(=O)NC(C)(C)CC(C)(C)C. The second kappa shape index (κ2) is 7.16. The molecule has 1 N–H and O–H groups in total. The summed E-state index contributed by atoms with van der Waals surface area (Å²) in [5.41, 5.74) is 2.58. The Labute approximate surface area is 147 Å². The average Bonchev–Trinajstić information content (AvgIpc) is 2.44. The molecule has 0 aromatic heterocycles. The molecule has 1 aliphatic rings. The van der Waals surface area contributed by atoms with E-state index in [9.17, 15) is 4.79 Å². The lowest BCUT2D eigenvalue weighted by Crippen LogP contribution is -2.50. The summed E-state index contributed by atoms with van der Waals surface area (Å²) in [5.74, 6) is 0.834. The zero-order chi connectivity index (χ0) is 18.0. The molecule has 134 valence electrons. The summed E-state index contributed by atoms with van der Waals surface area (Å²) < 4.78 is 6.04. The van der Waals surface area contributed by atoms with Crippen LogP contribution in [0.1, 0.15) is 71.9 Å². The summed E-state index contributed by atoms with van der Waals surface area (Å²) in [6.45, 7) is 12.6. The molecule has 0 aliphatic heterocycles. The van der Waals surface area contributed by atoms with E-state index in [1.54, 1.807) is 0 Å². The predicted molar refractivity (Wildman–Crippen MR) is 99.5 cm³/mol. The van der Waals surface area contributed by atoms with E-state index in [0.717, 1.165) is 25.0 Å². The van der Waals surface area contributed by atoms with Crippen molar-refractivity contribution in [2.24, 2.45) is 5.41 Å². The third kappa shape index (κ3) is 5.25. The second-order valence-corrected chi connectivity index (χ2v) is 8.97. The molecule has 0 spiro atoms. The van der Waals surface area contributed by atoms with Crippen LogP contribution in [-0.2, 0) is 17.6 Å². The fraction of sp³-hybridized carbons (Fsp3) is 0.667. The maximum Gasteiger partial charge on any atom is 0.261 e. The minimum Gasteiger partial charge on any atom is -0.481 e. The molecule has 0 heterocycles. The zero-order valence-corrected chi connectivity index (χ0v) is 16.2. The zero-order valence-electron chi connectivity index (χ0n) is 16.2. The highest BCUT2D eigenvalue weighted by Gasteiger charge is 2.29. The van der Waals surface area contributed by atoms with Crippen molar-refractivity contribution < 1.29 is 9.53 Å². The smallest absolute Gasteiger partial charge is 0.261 e. The lowest BCUT2D eigenvalue weighted by atomic mass is 9.81. The molecule has 1 aliphatic carbocycles. The molecule has 0 fully saturated rings. The lowest BCUT2D eigenvalue weighted by molar-refractivity contribution is -0.129. The van der Waals surface area contributed by atoms with Crippen LogP contribution in [0.2, 0.25) is 0 Å². The van der Waals surface area contributed by atoms with Crippen LogP contribution in [0.3, 0.4) is 0 Å². The van der Waals surface area contributed by atoms with E-state index < -0.39 is 6.10 Å². The molecule has 1 aromatic carbocycles. The molecule has 2 rings (SSSR count). The largest absolute Gasteiger partial charge is 0.481 e. The van der Waals surface area contributed by atoms with Gasteiger partial charge in [-0.25, -0.2) is 0 Å². The third-order valence-corrected chi connectivity index (χ3v) is 4.46. The number of carbonyl (C=O) groups excluding carboxylic acids is 1. The highest BCUT2D eigenvalue weighted by atomic mass is 16.5. The molecule has 3 nitrogen and oxygen atoms in total. The van der Waals surface area contributed by atoms with E-state index in [4.69, 9.17) is 4.74 Å². The van der Waals surface area contributed by atoms with Gasteiger partial charge in [0.15, 0.2) is 6.10 Å². The molecule has 0 saturated heterocycles. The molecule has 1 aromatic rings. The summed E-state index contributed by atoms with van der Waals surface area (Å²) in [4.78, 5) is 12.6. The Balaban J connectivity index is 2.02. The van der Waals surface area contributed by atoms with Gasteiger partial charge in [0.05, 0.1) is 0 Å². The molecule has 0 bridgehead atoms. The Kier molecular flexibility index (Phi) is 5.62. The van der Waals surface area contributed by atoms with E-state index in [2.05, 4.69) is 46.0 Å². The Morgan fingerprint density at radius 3 is 2.50 bits per heavy atom. The number of hydrogen-bond acceptors (Lipinski definition) is 2. The van der Waals surface area contributed by atoms with Gasteiger partial charge in [0.1, 0.15) is 5.75 Å². The first-order valence-corrected chi connectivity index (χ1v) is 9.17. The minimum atomic E-state index is -0.488. The van der Waals surface area contributed by atoms with Crippen LogP contribution in [0, 0.1) is 5.41 Å². The van der Waals surface area contributed by atoms with Crippen molar-refractivity contribution in [1.82, 2.24) is 5.32 Å². The van der Waals surface area contributed by atoms with Crippen LogP contribution < -0.4 is 10.1 Å². The standard InChI is InChI=1S/C21H33NO2/c1-15(19(23)22-21(5,6)14-20(2,3)4)24-18-13-9-11-16-10-7-8-12-17(16)18/h9,11,13,15H,7-8,10,12,14H2,1-6H3,(H,22,23)/t15-/m0/s1. The van der Waals surface area contributed by atoms with E-state index in [0.29, 0.717) is 0 Å². The van der Waals surface area contributed by atoms with E-state index in [-0.39, 0.29) is 16.9 Å². The van der Waals surface area contributed by atoms with Crippen molar-refractivity contribution >= 4 is 5.91 Å². The molecule has 1 amide bonds. The molecule has 0 saturated carbocycles. The number of nitrogens with one attached hydrogen (secondary N) is 1. The summed E-state index contributed by atoms with van der Waals surface area (Å²) in [6.07, 6.45) is 5.04. The fourth-order valence-electron chi connectivity index (χ4n) is 3.91. The van der Waals surface area contributed by atoms with Crippen molar-refractivity contribution in [3.63, 3.8) is 0 Å². The van der Waals surface area contributed by atoms with Gasteiger partial charge >= 0.3 is 0 Å². The highest BCUT2D eigenvalue weighted by molar-refractivity contribution is 5.81. The van der Waals surface area contributed by atoms with Crippen LogP contribution in [0.5, 0.6) is 5.75 Å². The van der Waals surface area contributed by atoms with E-state index in [1.807, 2.05) is 19.1 Å². The topological polar surface area (TPSA) is 38.3 Å². The molecular formula is C21H33NO2. The van der Waals surface area contributed by atoms with Crippen LogP contribution in [0.4, 0.5) is 0 Å². The first kappa shape index (κ1) is 18.8. The molecule has 0 unspecified atom stereocenters. The first-order chi connectivity index (χ1) is 11.1. The van der Waals surface area contributed by atoms with Crippen molar-refractivity contribution in [2.75, 3.05) is 0 Å². The van der Waals surface area contributed by atoms with E-state index in [1.165, 1.54) is 24.0 Å². The summed E-state index contributed by atoms with van der Waals surface area (Å²) >= 11 is 0. The minimum absolute atomic E-state index is 0.0438. The molecule has 24 heavy (non-hydrogen) atoms. The van der Waals surface area contributed by atoms with Crippen molar-refractivity contribution in [2.45, 2.75) is 85.3 Å². The molecule has 3 heteroatoms. The Hall–Kier alpha value is -1.51. The normalized spacial score (nSPS) is 16.2. The van der Waals surface area contributed by atoms with Gasteiger partial charge < -0.3 is 10.1 Å². The summed E-state index contributed by atoms with van der Waals surface area (Å²) in [7, 11) is 0. The Morgan fingerprint density at radius 2 is 1.83 bits per heavy atom. The van der Waals surface area contributed by atoms with Gasteiger partial charge in [-0.1, -0.05) is 32.9 Å². The van der Waals surface area contributed by atoms with Crippen molar-refractivity contribution in [3.8, 4) is 5.75 Å². The van der Waals surface area contributed by atoms with Gasteiger partial charge in [0.2, 0.25) is 0 Å². The number of fused-ring (bicyclic) bond motifs is 1. The van der Waals surface area contributed by atoms with Gasteiger partial charge in [-0.15, -0.1) is 0 Å². The van der Waals surface area contributed by atoms with Gasteiger partial charge in [-0.05, 0) is 75.5 Å². The fourth-order valence-corrected chi connectivity index (χ4v) is 3.91. The molecule has 0 radical (unpaired) electrons. The van der Waals surface area contributed by atoms with Gasteiger partial charge in [0, 0.05) is 5.54 Å². The predicted octanol–water partition coefficient (Wildman–Crippen LogP) is 4.66. The number of rotatable bonds is 5. The number of carbonyl (C=O) groups is 1. The number of amides is 1. The first-order valence-electron chi connectivity index (χ1n) is 9.17. The Bertz CT molecular complexity index is 584. The number of hydrogen-bond donors (Lipinski definition) is 1. The number of ether oxygens (including phenoxy) is 1. The molecule has 1 atom stereocenters. The summed E-state index contributed by atoms with van der Waals surface area (Å²) in [6, 6.07) is 6.21. The van der Waals surface area contributed by atoms with Crippen molar-refractivity contribution in [1.29, 1.82) is 0 Å². The number of aryl methyl sites for hydroxylation is 1. The molecular weight excluding hydrogens is 298 g/mol. The van der Waals surface area contributed by atoms with Crippen LogP contribution in [-0.4, -0.2) is 17.6 Å². The lowest BCUT2D eigenvalue weighted by Gasteiger charge is -2.34. The van der Waals surface area contributed by atoms with Crippen molar-refractivity contribution in [3.05, 3.63) is 29.3 Å². The van der Waals surface area contributed by atoms with E-state index >= 15 is 0 Å². The van der Waals surface area contributed by atoms with Gasteiger partial charge in [-0.3, -0.25) is 4.79 Å². The van der Waals surface area contributed by atoms with Gasteiger partial charge in [-0.2, -0.15) is 0 Å². The van der Waals surface area contributed by atoms with Crippen LogP contribution >= 0.6 is 0 Å². The Morgan fingerprint density at radius 1 is 1.17 bits per heavy atom. The van der Waals surface area contributed by atoms with Crippen LogP contribution in [0.25, 0.3) is 0 Å². The monoisotopic (exact) mass is 331 g/mol. The van der Waals surface area contributed by atoms with Crippen LogP contribution in [0.15, 0.2) is 18.2 Å². The maximum atomic E-state index is 12.6. The highest BCUT2D eigenvalue weighted by Crippen LogP contribution is 2.30. The third-order valence-electron chi connectivity index (χ3n) is 4.46. The average molecular weight is 332 g/mol. The number of benzene rings is 1. The van der Waals surface area contributed by atoms with Gasteiger partial charge in [0.25, 0.3) is 5.91 Å². The maximum absolute atomic E-state index is 12.6.